The normalized spacial score (nSPS) is 20.4. The average molecular weight is 253 g/mol. The molecule has 2 nitrogen and oxygen atoms in total. The summed E-state index contributed by atoms with van der Waals surface area (Å²) in [5, 5.41) is 0.524. The van der Waals surface area contributed by atoms with Crippen LogP contribution in [0.2, 0.25) is 0 Å². The van der Waals surface area contributed by atoms with Crippen LogP contribution < -0.4 is 4.90 Å². The Bertz CT molecular complexity index is 435. The van der Waals surface area contributed by atoms with E-state index in [0.29, 0.717) is 16.5 Å². The van der Waals surface area contributed by atoms with Crippen LogP contribution in [-0.2, 0) is 0 Å². The van der Waals surface area contributed by atoms with Crippen LogP contribution in [-0.4, -0.2) is 29.9 Å². The zero-order chi connectivity index (χ0) is 12.4. The number of hydrogen-bond acceptors (Lipinski definition) is 3. The van der Waals surface area contributed by atoms with Gasteiger partial charge in [0.1, 0.15) is 5.82 Å². The van der Waals surface area contributed by atoms with Crippen molar-refractivity contribution in [3.8, 4) is 0 Å². The van der Waals surface area contributed by atoms with Crippen LogP contribution in [0, 0.1) is 5.82 Å². The topological polar surface area (TPSA) is 20.3 Å². The first-order valence-corrected chi connectivity index (χ1v) is 6.80. The smallest absolute Gasteiger partial charge is 0.159 e. The molecule has 0 saturated carbocycles. The number of thioether (sulfide) groups is 1. The zero-order valence-corrected chi connectivity index (χ0v) is 10.9. The molecule has 0 aliphatic carbocycles. The summed E-state index contributed by atoms with van der Waals surface area (Å²) in [5.74, 6) is 0.629. The standard InChI is InChI=1S/C13H16FNOS/c1-9-8-15(5-6-17-9)13-4-3-11(10(2)16)7-12(13)14/h3-4,7,9H,5-6,8H2,1-2H3. The van der Waals surface area contributed by atoms with Gasteiger partial charge in [-0.15, -0.1) is 0 Å². The van der Waals surface area contributed by atoms with Crippen LogP contribution in [0.25, 0.3) is 0 Å². The van der Waals surface area contributed by atoms with Gasteiger partial charge in [-0.2, -0.15) is 11.8 Å². The summed E-state index contributed by atoms with van der Waals surface area (Å²) in [7, 11) is 0. The number of halogens is 1. The predicted octanol–water partition coefficient (Wildman–Crippen LogP) is 2.97. The van der Waals surface area contributed by atoms with Crippen LogP contribution in [0.3, 0.4) is 0 Å². The monoisotopic (exact) mass is 253 g/mol. The van der Waals surface area contributed by atoms with Crippen LogP contribution in [0.15, 0.2) is 18.2 Å². The molecule has 0 N–H and O–H groups in total. The Morgan fingerprint density at radius 3 is 2.88 bits per heavy atom. The number of hydrogen-bond donors (Lipinski definition) is 0. The maximum absolute atomic E-state index is 13.9. The summed E-state index contributed by atoms with van der Waals surface area (Å²) < 4.78 is 13.9. The Kier molecular flexibility index (Phi) is 3.72. The van der Waals surface area contributed by atoms with E-state index < -0.39 is 0 Å². The van der Waals surface area contributed by atoms with E-state index in [1.165, 1.54) is 13.0 Å². The highest BCUT2D eigenvalue weighted by atomic mass is 32.2. The first kappa shape index (κ1) is 12.4. The van der Waals surface area contributed by atoms with E-state index in [0.717, 1.165) is 18.8 Å². The van der Waals surface area contributed by atoms with Crippen molar-refractivity contribution in [2.45, 2.75) is 19.1 Å². The van der Waals surface area contributed by atoms with Crippen molar-refractivity contribution >= 4 is 23.2 Å². The van der Waals surface area contributed by atoms with Crippen molar-refractivity contribution in [2.75, 3.05) is 23.7 Å². The van der Waals surface area contributed by atoms with E-state index in [-0.39, 0.29) is 11.6 Å². The Balaban J connectivity index is 2.23. The van der Waals surface area contributed by atoms with Gasteiger partial charge in [-0.05, 0) is 25.1 Å². The molecule has 0 aromatic heterocycles. The fraction of sp³-hybridized carbons (Fsp3) is 0.462. The van der Waals surface area contributed by atoms with Gasteiger partial charge in [0.15, 0.2) is 5.78 Å². The summed E-state index contributed by atoms with van der Waals surface area (Å²) in [5.41, 5.74) is 1.05. The van der Waals surface area contributed by atoms with Gasteiger partial charge >= 0.3 is 0 Å². The van der Waals surface area contributed by atoms with Gasteiger partial charge in [0.2, 0.25) is 0 Å². The molecule has 1 heterocycles. The van der Waals surface area contributed by atoms with E-state index in [9.17, 15) is 9.18 Å². The van der Waals surface area contributed by atoms with Gasteiger partial charge in [-0.3, -0.25) is 4.79 Å². The molecule has 1 unspecified atom stereocenters. The molecule has 0 bridgehead atoms. The highest BCUT2D eigenvalue weighted by molar-refractivity contribution is 8.00. The third-order valence-corrected chi connectivity index (χ3v) is 4.07. The number of Topliss-reactive ketones (excluding diaryl/α,β-unsaturated/α-hetero) is 1. The van der Waals surface area contributed by atoms with Crippen LogP contribution in [0.1, 0.15) is 24.2 Å². The van der Waals surface area contributed by atoms with E-state index in [1.54, 1.807) is 12.1 Å². The number of ketones is 1. The van der Waals surface area contributed by atoms with Crippen LogP contribution in [0.5, 0.6) is 0 Å². The number of anilines is 1. The van der Waals surface area contributed by atoms with Gasteiger partial charge in [-0.1, -0.05) is 6.92 Å². The minimum absolute atomic E-state index is 0.0991. The quantitative estimate of drug-likeness (QED) is 0.756. The molecular weight excluding hydrogens is 237 g/mol. The summed E-state index contributed by atoms with van der Waals surface area (Å²) in [6.07, 6.45) is 0. The highest BCUT2D eigenvalue weighted by Crippen LogP contribution is 2.26. The SMILES string of the molecule is CC(=O)c1ccc(N2CCSC(C)C2)c(F)c1. The maximum atomic E-state index is 13.9. The van der Waals surface area contributed by atoms with E-state index in [4.69, 9.17) is 0 Å². The molecule has 17 heavy (non-hydrogen) atoms. The molecule has 1 aromatic carbocycles. The minimum Gasteiger partial charge on any atom is -0.367 e. The van der Waals surface area contributed by atoms with Crippen molar-refractivity contribution in [3.63, 3.8) is 0 Å². The number of nitrogens with zero attached hydrogens (tertiary/aromatic N) is 1. The first-order chi connectivity index (χ1) is 8.08. The molecule has 0 radical (unpaired) electrons. The molecule has 1 aliphatic heterocycles. The zero-order valence-electron chi connectivity index (χ0n) is 10.1. The van der Waals surface area contributed by atoms with Gasteiger partial charge in [0, 0.05) is 29.7 Å². The van der Waals surface area contributed by atoms with Gasteiger partial charge in [0.25, 0.3) is 0 Å². The van der Waals surface area contributed by atoms with Crippen molar-refractivity contribution in [1.82, 2.24) is 0 Å². The molecule has 1 atom stereocenters. The van der Waals surface area contributed by atoms with E-state index in [2.05, 4.69) is 11.8 Å². The Labute approximate surface area is 105 Å². The number of rotatable bonds is 2. The fourth-order valence-corrected chi connectivity index (χ4v) is 3.03. The van der Waals surface area contributed by atoms with Crippen molar-refractivity contribution in [2.24, 2.45) is 0 Å². The lowest BCUT2D eigenvalue weighted by Crippen LogP contribution is -2.37. The maximum Gasteiger partial charge on any atom is 0.159 e. The number of carbonyl (C=O) groups is 1. The summed E-state index contributed by atoms with van der Waals surface area (Å²) >= 11 is 1.91. The number of benzene rings is 1. The second-order valence-corrected chi connectivity index (χ2v) is 5.90. The van der Waals surface area contributed by atoms with E-state index >= 15 is 0 Å². The van der Waals surface area contributed by atoms with Gasteiger partial charge in [-0.25, -0.2) is 4.39 Å². The predicted molar refractivity (Wildman–Crippen MR) is 70.5 cm³/mol. The first-order valence-electron chi connectivity index (χ1n) is 5.75. The summed E-state index contributed by atoms with van der Waals surface area (Å²) in [6, 6.07) is 4.76. The third kappa shape index (κ3) is 2.80. The van der Waals surface area contributed by atoms with Crippen molar-refractivity contribution in [1.29, 1.82) is 0 Å². The molecule has 2 rings (SSSR count). The Hall–Kier alpha value is -1.03. The lowest BCUT2D eigenvalue weighted by Gasteiger charge is -2.32. The second-order valence-electron chi connectivity index (χ2n) is 4.35. The Morgan fingerprint density at radius 2 is 2.29 bits per heavy atom. The van der Waals surface area contributed by atoms with Crippen molar-refractivity contribution < 1.29 is 9.18 Å². The molecule has 1 aromatic rings. The largest absolute Gasteiger partial charge is 0.367 e. The molecule has 0 amide bonds. The lowest BCUT2D eigenvalue weighted by molar-refractivity contribution is 0.101. The Morgan fingerprint density at radius 1 is 1.53 bits per heavy atom. The van der Waals surface area contributed by atoms with Gasteiger partial charge < -0.3 is 4.90 Å². The molecule has 92 valence electrons. The molecule has 4 heteroatoms. The second kappa shape index (κ2) is 5.08. The fourth-order valence-electron chi connectivity index (χ4n) is 2.02. The molecule has 0 spiro atoms. The number of carbonyl (C=O) groups excluding carboxylic acids is 1. The highest BCUT2D eigenvalue weighted by Gasteiger charge is 2.19. The van der Waals surface area contributed by atoms with Crippen LogP contribution in [0.4, 0.5) is 10.1 Å². The minimum atomic E-state index is -0.295. The van der Waals surface area contributed by atoms with E-state index in [1.807, 2.05) is 11.8 Å². The molecular formula is C13H16FNOS. The summed E-state index contributed by atoms with van der Waals surface area (Å²) in [4.78, 5) is 13.2. The van der Waals surface area contributed by atoms with Gasteiger partial charge in [0.05, 0.1) is 5.69 Å². The lowest BCUT2D eigenvalue weighted by atomic mass is 10.1. The molecule has 1 aliphatic rings. The molecule has 1 fully saturated rings. The average Bonchev–Trinajstić information content (AvgIpc) is 2.28. The van der Waals surface area contributed by atoms with Crippen molar-refractivity contribution in [3.05, 3.63) is 29.6 Å². The molecule has 1 saturated heterocycles. The van der Waals surface area contributed by atoms with Crippen LogP contribution >= 0.6 is 11.8 Å². The third-order valence-electron chi connectivity index (χ3n) is 2.94. The summed E-state index contributed by atoms with van der Waals surface area (Å²) in [6.45, 7) is 5.33.